The molecule has 0 fully saturated rings. The zero-order chi connectivity index (χ0) is 32.2. The van der Waals surface area contributed by atoms with Crippen LogP contribution >= 0.6 is 0 Å². The van der Waals surface area contributed by atoms with E-state index in [9.17, 15) is 40.3 Å². The van der Waals surface area contributed by atoms with Crippen molar-refractivity contribution in [3.63, 3.8) is 0 Å². The summed E-state index contributed by atoms with van der Waals surface area (Å²) in [6.45, 7) is 0. The van der Waals surface area contributed by atoms with E-state index >= 15 is 0 Å². The van der Waals surface area contributed by atoms with Gasteiger partial charge in [-0.3, -0.25) is 9.59 Å². The standard InChI is InChI=1S/C27H24N6O9S2.2Na/c28-17-5-1-15(2-6-17)25(34)32-21-11-9-19(13-23(21)43(37,38)39)30-27(36)31-20-10-12-22(24(14-20)44(40,41)42)33-26(35)16-3-7-18(29)8-4-16;;/h1-14H,28-29H2,(H,32,34)(H,33,35)(H2,30,31,36)(H,37,38,39)(H,40,41,42);;/q;2*+1/p-2. The maximum absolute atomic E-state index is 12.6. The molecule has 0 unspecified atom stereocenters. The number of nitrogen functional groups attached to an aromatic ring is 2. The predicted molar refractivity (Wildman–Crippen MR) is 159 cm³/mol. The summed E-state index contributed by atoms with van der Waals surface area (Å²) in [6, 6.07) is 16.5. The Morgan fingerprint density at radius 3 is 1.15 bits per heavy atom. The van der Waals surface area contributed by atoms with Gasteiger partial charge in [0.05, 0.1) is 21.2 Å². The SMILES string of the molecule is Nc1ccc(C(=O)Nc2ccc(NC(=O)Nc3ccc(NC(=O)c4ccc(N)cc4)c(S(=O)(=O)[O-])c3)cc2S(=O)(=O)[O-])cc1.[Na+].[Na+]. The number of carbonyl (C=O) groups is 3. The minimum Gasteiger partial charge on any atom is -0.744 e. The largest absolute Gasteiger partial charge is 1.00 e. The molecule has 46 heavy (non-hydrogen) atoms. The van der Waals surface area contributed by atoms with Crippen molar-refractivity contribution < 1.29 is 99.4 Å². The molecule has 8 N–H and O–H groups in total. The summed E-state index contributed by atoms with van der Waals surface area (Å²) in [5.74, 6) is -1.46. The maximum atomic E-state index is 12.6. The summed E-state index contributed by atoms with van der Waals surface area (Å²) in [7, 11) is -10.3. The second-order valence-corrected chi connectivity index (χ2v) is 11.8. The van der Waals surface area contributed by atoms with E-state index in [1.165, 1.54) is 60.7 Å². The van der Waals surface area contributed by atoms with E-state index in [2.05, 4.69) is 21.3 Å². The van der Waals surface area contributed by atoms with Crippen LogP contribution in [0.3, 0.4) is 0 Å². The van der Waals surface area contributed by atoms with E-state index in [0.29, 0.717) is 11.4 Å². The van der Waals surface area contributed by atoms with Crippen molar-refractivity contribution in [3.8, 4) is 0 Å². The van der Waals surface area contributed by atoms with Gasteiger partial charge in [0, 0.05) is 33.9 Å². The molecule has 228 valence electrons. The molecule has 0 heterocycles. The molecule has 0 aliphatic rings. The topological polar surface area (TPSA) is 266 Å². The zero-order valence-corrected chi connectivity index (χ0v) is 29.9. The van der Waals surface area contributed by atoms with Crippen LogP contribution in [0.2, 0.25) is 0 Å². The molecule has 4 amide bonds. The summed E-state index contributed by atoms with van der Waals surface area (Å²) < 4.78 is 71.5. The molecule has 0 spiro atoms. The van der Waals surface area contributed by atoms with E-state index < -0.39 is 47.9 Å². The van der Waals surface area contributed by atoms with Crippen molar-refractivity contribution in [1.29, 1.82) is 0 Å². The van der Waals surface area contributed by atoms with Crippen molar-refractivity contribution in [2.75, 3.05) is 32.7 Å². The first-order valence-electron chi connectivity index (χ1n) is 12.2. The number of urea groups is 1. The Kier molecular flexibility index (Phi) is 13.4. The van der Waals surface area contributed by atoms with Crippen molar-refractivity contribution in [2.24, 2.45) is 0 Å². The number of carbonyl (C=O) groups excluding carboxylic acids is 3. The minimum absolute atomic E-state index is 0. The van der Waals surface area contributed by atoms with Crippen LogP contribution in [0, 0.1) is 0 Å². The van der Waals surface area contributed by atoms with Gasteiger partial charge in [0.15, 0.2) is 0 Å². The second kappa shape index (κ2) is 15.9. The molecule has 4 aromatic carbocycles. The van der Waals surface area contributed by atoms with Crippen molar-refractivity contribution >= 4 is 72.2 Å². The number of hydrogen-bond acceptors (Lipinski definition) is 11. The molecule has 0 aliphatic heterocycles. The van der Waals surface area contributed by atoms with E-state index in [4.69, 9.17) is 11.5 Å². The van der Waals surface area contributed by atoms with Crippen molar-refractivity contribution in [2.45, 2.75) is 9.79 Å². The Hall–Kier alpha value is -3.49. The number of anilines is 6. The van der Waals surface area contributed by atoms with E-state index in [-0.39, 0.29) is 93.0 Å². The molecule has 0 aromatic heterocycles. The number of nitrogens with two attached hydrogens (primary N) is 2. The molecule has 4 rings (SSSR count). The van der Waals surface area contributed by atoms with E-state index in [1.54, 1.807) is 0 Å². The van der Waals surface area contributed by atoms with Crippen LogP contribution < -0.4 is 91.8 Å². The fourth-order valence-electron chi connectivity index (χ4n) is 3.77. The quantitative estimate of drug-likeness (QED) is 0.0612. The number of benzene rings is 4. The first-order valence-corrected chi connectivity index (χ1v) is 15.0. The third kappa shape index (κ3) is 10.3. The average molecular weight is 685 g/mol. The van der Waals surface area contributed by atoms with Gasteiger partial charge in [-0.15, -0.1) is 0 Å². The Labute approximate surface area is 307 Å². The second-order valence-electron chi connectivity index (χ2n) is 9.06. The summed E-state index contributed by atoms with van der Waals surface area (Å²) in [5.41, 5.74) is 11.1. The third-order valence-corrected chi connectivity index (χ3v) is 7.61. The smallest absolute Gasteiger partial charge is 0.744 e. The van der Waals surface area contributed by atoms with Gasteiger partial charge in [-0.25, -0.2) is 21.6 Å². The summed E-state index contributed by atoms with van der Waals surface area (Å²) in [5, 5.41) is 9.16. The van der Waals surface area contributed by atoms with Gasteiger partial charge >= 0.3 is 65.1 Å². The average Bonchev–Trinajstić information content (AvgIpc) is 2.94. The minimum atomic E-state index is -5.14. The summed E-state index contributed by atoms with van der Waals surface area (Å²) in [6.07, 6.45) is 0. The van der Waals surface area contributed by atoms with E-state index in [0.717, 1.165) is 24.3 Å². The fourth-order valence-corrected chi connectivity index (χ4v) is 5.09. The van der Waals surface area contributed by atoms with E-state index in [1.807, 2.05) is 0 Å². The predicted octanol–water partition coefficient (Wildman–Crippen LogP) is -3.18. The van der Waals surface area contributed by atoms with Crippen LogP contribution in [-0.4, -0.2) is 43.8 Å². The van der Waals surface area contributed by atoms with Gasteiger partial charge in [-0.2, -0.15) is 0 Å². The Morgan fingerprint density at radius 2 is 0.848 bits per heavy atom. The zero-order valence-electron chi connectivity index (χ0n) is 24.2. The summed E-state index contributed by atoms with van der Waals surface area (Å²) in [4.78, 5) is 36.0. The monoisotopic (exact) mass is 684 g/mol. The molecule has 0 aliphatic carbocycles. The van der Waals surface area contributed by atoms with Crippen molar-refractivity contribution in [1.82, 2.24) is 0 Å². The molecule has 0 atom stereocenters. The number of hydrogen-bond donors (Lipinski definition) is 6. The van der Waals surface area contributed by atoms with Crippen LogP contribution in [0.4, 0.5) is 38.9 Å². The first kappa shape index (κ1) is 38.7. The van der Waals surface area contributed by atoms with Crippen molar-refractivity contribution in [3.05, 3.63) is 96.1 Å². The van der Waals surface area contributed by atoms with Crippen LogP contribution in [0.1, 0.15) is 20.7 Å². The molecule has 4 aromatic rings. The third-order valence-electron chi connectivity index (χ3n) is 5.86. The Morgan fingerprint density at radius 1 is 0.522 bits per heavy atom. The van der Waals surface area contributed by atoms with Gasteiger partial charge in [-0.1, -0.05) is 0 Å². The molecule has 15 nitrogen and oxygen atoms in total. The molecular formula is C27H22N6Na2O9S2. The van der Waals surface area contributed by atoms with Gasteiger partial charge in [-0.05, 0) is 84.9 Å². The maximum Gasteiger partial charge on any atom is 1.00 e. The molecule has 0 radical (unpaired) electrons. The van der Waals surface area contributed by atoms with Gasteiger partial charge < -0.3 is 41.8 Å². The molecular weight excluding hydrogens is 662 g/mol. The molecule has 0 bridgehead atoms. The number of rotatable bonds is 8. The molecule has 0 saturated carbocycles. The Bertz CT molecular complexity index is 1850. The normalized spacial score (nSPS) is 10.8. The van der Waals surface area contributed by atoms with Crippen LogP contribution in [0.5, 0.6) is 0 Å². The summed E-state index contributed by atoms with van der Waals surface area (Å²) >= 11 is 0. The van der Waals surface area contributed by atoms with Crippen LogP contribution in [-0.2, 0) is 20.2 Å². The fraction of sp³-hybridized carbons (Fsp3) is 0. The number of nitrogens with one attached hydrogen (secondary N) is 4. The molecule has 0 saturated heterocycles. The first-order chi connectivity index (χ1) is 20.6. The Balaban J connectivity index is 0.00000368. The van der Waals surface area contributed by atoms with Crippen LogP contribution in [0.25, 0.3) is 0 Å². The number of amides is 4. The van der Waals surface area contributed by atoms with Gasteiger partial charge in [0.25, 0.3) is 11.8 Å². The van der Waals surface area contributed by atoms with Gasteiger partial charge in [0.2, 0.25) is 0 Å². The van der Waals surface area contributed by atoms with Gasteiger partial charge in [0.1, 0.15) is 20.2 Å². The molecule has 19 heteroatoms. The van der Waals surface area contributed by atoms with Crippen LogP contribution in [0.15, 0.2) is 94.7 Å².